The highest BCUT2D eigenvalue weighted by Gasteiger charge is 2.13. The Hall–Kier alpha value is -1.61. The topological polar surface area (TPSA) is 34.9 Å². The zero-order valence-corrected chi connectivity index (χ0v) is 9.82. The molecule has 2 rings (SSSR count). The Morgan fingerprint density at radius 2 is 2.12 bits per heavy atom. The van der Waals surface area contributed by atoms with Gasteiger partial charge in [-0.05, 0) is 32.0 Å². The molecule has 3 nitrogen and oxygen atoms in total. The van der Waals surface area contributed by atoms with Gasteiger partial charge in [0.05, 0.1) is 22.0 Å². The Morgan fingerprint density at radius 1 is 1.38 bits per heavy atom. The van der Waals surface area contributed by atoms with Crippen molar-refractivity contribution in [3.63, 3.8) is 0 Å². The molecule has 4 heteroatoms. The number of hydrogen-bond acceptors (Lipinski definition) is 2. The summed E-state index contributed by atoms with van der Waals surface area (Å²) in [5.41, 5.74) is 2.12. The van der Waals surface area contributed by atoms with Gasteiger partial charge in [0.15, 0.2) is 5.78 Å². The molecular formula is C12H11ClN2O. The Morgan fingerprint density at radius 3 is 2.69 bits per heavy atom. The van der Waals surface area contributed by atoms with Crippen LogP contribution in [0.2, 0.25) is 5.02 Å². The van der Waals surface area contributed by atoms with E-state index in [1.165, 1.54) is 6.92 Å². The third kappa shape index (κ3) is 1.86. The fourth-order valence-corrected chi connectivity index (χ4v) is 1.90. The number of aromatic nitrogens is 2. The van der Waals surface area contributed by atoms with Crippen LogP contribution in [0.1, 0.15) is 23.0 Å². The van der Waals surface area contributed by atoms with Gasteiger partial charge in [0, 0.05) is 6.20 Å². The highest BCUT2D eigenvalue weighted by Crippen LogP contribution is 2.23. The fourth-order valence-electron chi connectivity index (χ4n) is 1.60. The van der Waals surface area contributed by atoms with E-state index in [-0.39, 0.29) is 5.78 Å². The summed E-state index contributed by atoms with van der Waals surface area (Å²) >= 11 is 6.02. The van der Waals surface area contributed by atoms with E-state index >= 15 is 0 Å². The van der Waals surface area contributed by atoms with Gasteiger partial charge in [-0.25, -0.2) is 4.68 Å². The second-order valence-corrected chi connectivity index (χ2v) is 4.00. The van der Waals surface area contributed by atoms with Gasteiger partial charge in [0.1, 0.15) is 0 Å². The van der Waals surface area contributed by atoms with Crippen molar-refractivity contribution in [1.82, 2.24) is 9.78 Å². The second-order valence-electron chi connectivity index (χ2n) is 3.59. The molecule has 0 bridgehead atoms. The van der Waals surface area contributed by atoms with Crippen molar-refractivity contribution in [3.8, 4) is 5.69 Å². The fraction of sp³-hybridized carbons (Fsp3) is 0.167. The number of aryl methyl sites for hydroxylation is 1. The van der Waals surface area contributed by atoms with Crippen LogP contribution in [-0.2, 0) is 0 Å². The Bertz CT molecular complexity index is 546. The number of carbonyl (C=O) groups is 1. The average molecular weight is 235 g/mol. The molecule has 1 heterocycles. The van der Waals surface area contributed by atoms with Gasteiger partial charge in [-0.3, -0.25) is 4.79 Å². The Balaban J connectivity index is 2.65. The molecule has 0 unspecified atom stereocenters. The smallest absolute Gasteiger partial charge is 0.163 e. The highest BCUT2D eigenvalue weighted by atomic mass is 35.5. The van der Waals surface area contributed by atoms with Crippen molar-refractivity contribution < 1.29 is 4.79 Å². The van der Waals surface area contributed by atoms with Crippen LogP contribution in [0.3, 0.4) is 0 Å². The Kier molecular flexibility index (Phi) is 2.79. The predicted octanol–water partition coefficient (Wildman–Crippen LogP) is 3.04. The van der Waals surface area contributed by atoms with E-state index in [9.17, 15) is 4.79 Å². The number of hydrogen-bond donors (Lipinski definition) is 0. The molecule has 0 aliphatic rings. The molecule has 0 saturated heterocycles. The number of carbonyl (C=O) groups excluding carboxylic acids is 1. The molecule has 0 N–H and O–H groups in total. The third-order valence-electron chi connectivity index (χ3n) is 2.31. The average Bonchev–Trinajstić information content (AvgIpc) is 2.63. The van der Waals surface area contributed by atoms with Gasteiger partial charge in [0.25, 0.3) is 0 Å². The summed E-state index contributed by atoms with van der Waals surface area (Å²) in [6.45, 7) is 3.40. The summed E-state index contributed by atoms with van der Waals surface area (Å²) in [5, 5.41) is 4.73. The van der Waals surface area contributed by atoms with Crippen LogP contribution in [0.15, 0.2) is 30.5 Å². The standard InChI is InChI=1S/C12H11ClN2O/c1-8-6-7-15(14-8)11-5-3-4-10(13)12(11)9(2)16/h3-7H,1-2H3. The van der Waals surface area contributed by atoms with Gasteiger partial charge in [-0.15, -0.1) is 0 Å². The summed E-state index contributed by atoms with van der Waals surface area (Å²) in [6, 6.07) is 7.22. The first-order valence-electron chi connectivity index (χ1n) is 4.91. The van der Waals surface area contributed by atoms with E-state index in [0.717, 1.165) is 5.69 Å². The van der Waals surface area contributed by atoms with E-state index in [1.807, 2.05) is 25.3 Å². The van der Waals surface area contributed by atoms with Crippen molar-refractivity contribution >= 4 is 17.4 Å². The zero-order chi connectivity index (χ0) is 11.7. The van der Waals surface area contributed by atoms with Crippen LogP contribution in [0.4, 0.5) is 0 Å². The Labute approximate surface area is 98.7 Å². The molecule has 1 aromatic heterocycles. The molecule has 16 heavy (non-hydrogen) atoms. The predicted molar refractivity (Wildman–Crippen MR) is 63.3 cm³/mol. The molecule has 0 spiro atoms. The largest absolute Gasteiger partial charge is 0.294 e. The first kappa shape index (κ1) is 10.9. The van der Waals surface area contributed by atoms with Crippen LogP contribution >= 0.6 is 11.6 Å². The van der Waals surface area contributed by atoms with Crippen molar-refractivity contribution in [1.29, 1.82) is 0 Å². The molecular weight excluding hydrogens is 224 g/mol. The van der Waals surface area contributed by atoms with E-state index in [4.69, 9.17) is 11.6 Å². The SMILES string of the molecule is CC(=O)c1c(Cl)cccc1-n1ccc(C)n1. The molecule has 0 amide bonds. The number of benzene rings is 1. The van der Waals surface area contributed by atoms with Crippen LogP contribution in [-0.4, -0.2) is 15.6 Å². The quantitative estimate of drug-likeness (QED) is 0.749. The maximum atomic E-state index is 11.5. The molecule has 0 aliphatic heterocycles. The molecule has 2 aromatic rings. The monoisotopic (exact) mass is 234 g/mol. The molecule has 82 valence electrons. The maximum absolute atomic E-state index is 11.5. The summed E-state index contributed by atoms with van der Waals surface area (Å²) in [4.78, 5) is 11.5. The van der Waals surface area contributed by atoms with Crippen molar-refractivity contribution in [3.05, 3.63) is 46.7 Å². The van der Waals surface area contributed by atoms with Crippen LogP contribution in [0, 0.1) is 6.92 Å². The number of halogens is 1. The van der Waals surface area contributed by atoms with E-state index in [0.29, 0.717) is 16.3 Å². The van der Waals surface area contributed by atoms with Gasteiger partial charge in [-0.1, -0.05) is 17.7 Å². The van der Waals surface area contributed by atoms with Crippen molar-refractivity contribution in [2.45, 2.75) is 13.8 Å². The van der Waals surface area contributed by atoms with Crippen LogP contribution in [0.5, 0.6) is 0 Å². The van der Waals surface area contributed by atoms with Crippen LogP contribution < -0.4 is 0 Å². The lowest BCUT2D eigenvalue weighted by atomic mass is 10.1. The molecule has 0 fully saturated rings. The molecule has 0 saturated carbocycles. The van der Waals surface area contributed by atoms with Gasteiger partial charge < -0.3 is 0 Å². The number of ketones is 1. The highest BCUT2D eigenvalue weighted by molar-refractivity contribution is 6.34. The van der Waals surface area contributed by atoms with Gasteiger partial charge in [-0.2, -0.15) is 5.10 Å². The van der Waals surface area contributed by atoms with Crippen molar-refractivity contribution in [2.24, 2.45) is 0 Å². The van der Waals surface area contributed by atoms with Gasteiger partial charge >= 0.3 is 0 Å². The molecule has 0 radical (unpaired) electrons. The minimum atomic E-state index is -0.0613. The maximum Gasteiger partial charge on any atom is 0.163 e. The summed E-state index contributed by atoms with van der Waals surface area (Å²) < 4.78 is 1.66. The lowest BCUT2D eigenvalue weighted by Gasteiger charge is -2.08. The van der Waals surface area contributed by atoms with E-state index in [1.54, 1.807) is 16.8 Å². The number of nitrogens with zero attached hydrogens (tertiary/aromatic N) is 2. The lowest BCUT2D eigenvalue weighted by Crippen LogP contribution is -2.04. The third-order valence-corrected chi connectivity index (χ3v) is 2.63. The zero-order valence-electron chi connectivity index (χ0n) is 9.07. The molecule has 0 aliphatic carbocycles. The van der Waals surface area contributed by atoms with Crippen LogP contribution in [0.25, 0.3) is 5.69 Å². The second kappa shape index (κ2) is 4.10. The number of rotatable bonds is 2. The number of Topliss-reactive ketones (excluding diaryl/α,β-unsaturated/α-hetero) is 1. The minimum Gasteiger partial charge on any atom is -0.294 e. The van der Waals surface area contributed by atoms with Crippen molar-refractivity contribution in [2.75, 3.05) is 0 Å². The summed E-state index contributed by atoms with van der Waals surface area (Å²) in [7, 11) is 0. The van der Waals surface area contributed by atoms with E-state index < -0.39 is 0 Å². The van der Waals surface area contributed by atoms with Gasteiger partial charge in [0.2, 0.25) is 0 Å². The minimum absolute atomic E-state index is 0.0613. The first-order chi connectivity index (χ1) is 7.59. The summed E-state index contributed by atoms with van der Waals surface area (Å²) in [5.74, 6) is -0.0613. The summed E-state index contributed by atoms with van der Waals surface area (Å²) in [6.07, 6.45) is 1.81. The van der Waals surface area contributed by atoms with E-state index in [2.05, 4.69) is 5.10 Å². The first-order valence-corrected chi connectivity index (χ1v) is 5.29. The lowest BCUT2D eigenvalue weighted by molar-refractivity contribution is 0.101. The molecule has 1 aromatic carbocycles. The normalized spacial score (nSPS) is 10.4. The molecule has 0 atom stereocenters.